The Morgan fingerprint density at radius 1 is 1.16 bits per heavy atom. The first-order valence-corrected chi connectivity index (χ1v) is 5.67. The lowest BCUT2D eigenvalue weighted by Crippen LogP contribution is -2.58. The molecule has 106 valence electrons. The quantitative estimate of drug-likeness (QED) is 0.383. The van der Waals surface area contributed by atoms with Crippen LogP contribution in [0.4, 0.5) is 5.69 Å². The normalized spacial score (nSPS) is 11.1. The Bertz CT molecular complexity index is 395. The zero-order chi connectivity index (χ0) is 14.3. The van der Waals surface area contributed by atoms with E-state index in [4.69, 9.17) is 25.8 Å². The number of benzene rings is 1. The first-order chi connectivity index (χ1) is 9.05. The van der Waals surface area contributed by atoms with Crippen LogP contribution >= 0.6 is 0 Å². The molecule has 1 aromatic rings. The minimum Gasteiger partial charge on any atom is -0.484 e. The van der Waals surface area contributed by atoms with Gasteiger partial charge in [0.1, 0.15) is 11.3 Å². The first-order valence-electron chi connectivity index (χ1n) is 5.67. The average Bonchev–Trinajstić information content (AvgIpc) is 2.44. The third kappa shape index (κ3) is 4.40. The third-order valence-corrected chi connectivity index (χ3v) is 2.56. The van der Waals surface area contributed by atoms with Gasteiger partial charge in [-0.05, 0) is 24.3 Å². The van der Waals surface area contributed by atoms with E-state index in [1.807, 2.05) is 0 Å². The predicted octanol–water partition coefficient (Wildman–Crippen LogP) is -1.52. The van der Waals surface area contributed by atoms with Gasteiger partial charge in [0.15, 0.2) is 6.61 Å². The lowest BCUT2D eigenvalue weighted by atomic mass is 10.0. The highest BCUT2D eigenvalue weighted by molar-refractivity contribution is 5.78. The van der Waals surface area contributed by atoms with Crippen molar-refractivity contribution in [3.8, 4) is 5.75 Å². The summed E-state index contributed by atoms with van der Waals surface area (Å²) in [5.74, 6) is -0.0964. The van der Waals surface area contributed by atoms with E-state index in [2.05, 4.69) is 5.32 Å². The van der Waals surface area contributed by atoms with Crippen LogP contribution in [0.15, 0.2) is 24.3 Å². The summed E-state index contributed by atoms with van der Waals surface area (Å²) < 4.78 is 5.19. The van der Waals surface area contributed by atoms with Crippen LogP contribution in [-0.4, -0.2) is 53.2 Å². The minimum atomic E-state index is -1.44. The van der Waals surface area contributed by atoms with Crippen molar-refractivity contribution in [1.29, 1.82) is 0 Å². The molecule has 0 heterocycles. The standard InChI is InChI=1S/C12H18N2O5/c13-9-1-3-10(4-2-9)19-5-11(18)14-12(6-15,7-16)8-17/h1-4,15-17H,5-8,13H2,(H,14,18). The maximum atomic E-state index is 11.6. The second-order valence-electron chi connectivity index (χ2n) is 4.16. The molecule has 6 N–H and O–H groups in total. The zero-order valence-corrected chi connectivity index (χ0v) is 10.4. The first kappa shape index (κ1) is 15.2. The number of hydrogen-bond donors (Lipinski definition) is 5. The van der Waals surface area contributed by atoms with E-state index >= 15 is 0 Å². The van der Waals surface area contributed by atoms with E-state index in [9.17, 15) is 4.79 Å². The zero-order valence-electron chi connectivity index (χ0n) is 10.4. The van der Waals surface area contributed by atoms with Gasteiger partial charge < -0.3 is 31.1 Å². The molecule has 0 aliphatic heterocycles. The summed E-state index contributed by atoms with van der Waals surface area (Å²) >= 11 is 0. The number of aliphatic hydroxyl groups excluding tert-OH is 3. The molecular formula is C12H18N2O5. The Labute approximate surface area is 110 Å². The number of nitrogens with one attached hydrogen (secondary N) is 1. The Kier molecular flexibility index (Phi) is 5.56. The molecule has 1 aromatic carbocycles. The molecule has 0 unspecified atom stereocenters. The van der Waals surface area contributed by atoms with E-state index in [-0.39, 0.29) is 6.61 Å². The summed E-state index contributed by atoms with van der Waals surface area (Å²) in [6.07, 6.45) is 0. The van der Waals surface area contributed by atoms with Gasteiger partial charge in [0.2, 0.25) is 0 Å². The molecular weight excluding hydrogens is 252 g/mol. The Hall–Kier alpha value is -1.83. The van der Waals surface area contributed by atoms with E-state index in [1.54, 1.807) is 24.3 Å². The van der Waals surface area contributed by atoms with Gasteiger partial charge in [0.25, 0.3) is 5.91 Å². The Balaban J connectivity index is 2.49. The molecule has 0 aliphatic carbocycles. The Morgan fingerprint density at radius 3 is 2.16 bits per heavy atom. The van der Waals surface area contributed by atoms with Crippen LogP contribution in [0.25, 0.3) is 0 Å². The van der Waals surface area contributed by atoms with E-state index in [0.717, 1.165) is 0 Å². The molecule has 7 heteroatoms. The Morgan fingerprint density at radius 2 is 1.68 bits per heavy atom. The molecule has 0 atom stereocenters. The largest absolute Gasteiger partial charge is 0.484 e. The highest BCUT2D eigenvalue weighted by atomic mass is 16.5. The lowest BCUT2D eigenvalue weighted by molar-refractivity contribution is -0.127. The summed E-state index contributed by atoms with van der Waals surface area (Å²) in [4.78, 5) is 11.6. The fourth-order valence-electron chi connectivity index (χ4n) is 1.31. The molecule has 0 aliphatic rings. The predicted molar refractivity (Wildman–Crippen MR) is 68.5 cm³/mol. The molecule has 0 spiro atoms. The number of ether oxygens (including phenoxy) is 1. The fourth-order valence-corrected chi connectivity index (χ4v) is 1.31. The molecule has 0 fully saturated rings. The van der Waals surface area contributed by atoms with E-state index in [0.29, 0.717) is 11.4 Å². The number of amides is 1. The smallest absolute Gasteiger partial charge is 0.258 e. The third-order valence-electron chi connectivity index (χ3n) is 2.56. The van der Waals surface area contributed by atoms with Gasteiger partial charge in [-0.1, -0.05) is 0 Å². The summed E-state index contributed by atoms with van der Waals surface area (Å²) in [5, 5.41) is 29.5. The number of carbonyl (C=O) groups is 1. The molecule has 0 bridgehead atoms. The molecule has 0 aromatic heterocycles. The van der Waals surface area contributed by atoms with E-state index < -0.39 is 31.3 Å². The van der Waals surface area contributed by atoms with Gasteiger partial charge in [-0.15, -0.1) is 0 Å². The van der Waals surface area contributed by atoms with Crippen molar-refractivity contribution in [3.05, 3.63) is 24.3 Å². The maximum Gasteiger partial charge on any atom is 0.258 e. The molecule has 7 nitrogen and oxygen atoms in total. The summed E-state index contributed by atoms with van der Waals surface area (Å²) in [6, 6.07) is 6.49. The topological polar surface area (TPSA) is 125 Å². The van der Waals surface area contributed by atoms with Gasteiger partial charge in [-0.25, -0.2) is 0 Å². The van der Waals surface area contributed by atoms with Crippen LogP contribution in [0.2, 0.25) is 0 Å². The number of rotatable bonds is 7. The number of aliphatic hydroxyl groups is 3. The number of hydrogen-bond acceptors (Lipinski definition) is 6. The molecule has 19 heavy (non-hydrogen) atoms. The van der Waals surface area contributed by atoms with E-state index in [1.165, 1.54) is 0 Å². The second kappa shape index (κ2) is 6.93. The molecule has 0 saturated carbocycles. The summed E-state index contributed by atoms with van der Waals surface area (Å²) in [7, 11) is 0. The molecule has 1 rings (SSSR count). The highest BCUT2D eigenvalue weighted by Gasteiger charge is 2.29. The number of nitrogen functional groups attached to an aromatic ring is 1. The minimum absolute atomic E-state index is 0.300. The van der Waals surface area contributed by atoms with Crippen molar-refractivity contribution in [2.45, 2.75) is 5.54 Å². The van der Waals surface area contributed by atoms with Crippen molar-refractivity contribution >= 4 is 11.6 Å². The van der Waals surface area contributed by atoms with Crippen LogP contribution in [0, 0.1) is 0 Å². The van der Waals surface area contributed by atoms with Gasteiger partial charge in [0, 0.05) is 5.69 Å². The number of anilines is 1. The molecule has 0 saturated heterocycles. The maximum absolute atomic E-state index is 11.6. The van der Waals surface area contributed by atoms with Crippen molar-refractivity contribution in [2.24, 2.45) is 0 Å². The van der Waals surface area contributed by atoms with Crippen LogP contribution in [0.1, 0.15) is 0 Å². The van der Waals surface area contributed by atoms with Gasteiger partial charge in [0.05, 0.1) is 19.8 Å². The highest BCUT2D eigenvalue weighted by Crippen LogP contribution is 2.12. The van der Waals surface area contributed by atoms with Gasteiger partial charge in [-0.3, -0.25) is 4.79 Å². The van der Waals surface area contributed by atoms with Crippen molar-refractivity contribution in [2.75, 3.05) is 32.2 Å². The van der Waals surface area contributed by atoms with Crippen LogP contribution in [-0.2, 0) is 4.79 Å². The lowest BCUT2D eigenvalue weighted by Gasteiger charge is -2.28. The molecule has 0 radical (unpaired) electrons. The number of nitrogens with two attached hydrogens (primary N) is 1. The molecule has 1 amide bonds. The van der Waals surface area contributed by atoms with Gasteiger partial charge in [-0.2, -0.15) is 0 Å². The van der Waals surface area contributed by atoms with Crippen molar-refractivity contribution in [3.63, 3.8) is 0 Å². The summed E-state index contributed by atoms with van der Waals surface area (Å²) in [5.41, 5.74) is 4.64. The summed E-state index contributed by atoms with van der Waals surface area (Å²) in [6.45, 7) is -2.03. The second-order valence-corrected chi connectivity index (χ2v) is 4.16. The number of carbonyl (C=O) groups excluding carboxylic acids is 1. The monoisotopic (exact) mass is 270 g/mol. The average molecular weight is 270 g/mol. The SMILES string of the molecule is Nc1ccc(OCC(=O)NC(CO)(CO)CO)cc1. The van der Waals surface area contributed by atoms with Crippen molar-refractivity contribution in [1.82, 2.24) is 5.32 Å². The van der Waals surface area contributed by atoms with Crippen LogP contribution in [0.5, 0.6) is 5.75 Å². The van der Waals surface area contributed by atoms with Crippen LogP contribution in [0.3, 0.4) is 0 Å². The van der Waals surface area contributed by atoms with Crippen molar-refractivity contribution < 1.29 is 24.9 Å². The van der Waals surface area contributed by atoms with Crippen LogP contribution < -0.4 is 15.8 Å². The fraction of sp³-hybridized carbons (Fsp3) is 0.417. The van der Waals surface area contributed by atoms with Gasteiger partial charge >= 0.3 is 0 Å².